The normalized spacial score (nSPS) is 23.8. The third-order valence-corrected chi connectivity index (χ3v) is 5.31. The van der Waals surface area contributed by atoms with E-state index in [-0.39, 0.29) is 0 Å². The van der Waals surface area contributed by atoms with Crippen molar-refractivity contribution in [1.29, 1.82) is 5.26 Å². The molecule has 1 aromatic carbocycles. The standard InChI is InChI=1S/C19H28N4O/c1-21-7-3-4-18(15-21)23-10-8-22(9-11-23)14-16-5-6-19(24-2)17(12-16)13-20/h5-6,12,18H,3-4,7-11,14-15H2,1-2H3. The number of ether oxygens (including phenoxy) is 1. The molecule has 2 aliphatic heterocycles. The lowest BCUT2D eigenvalue weighted by Crippen LogP contribution is -2.54. The fourth-order valence-electron chi connectivity index (χ4n) is 3.92. The minimum Gasteiger partial charge on any atom is -0.495 e. The summed E-state index contributed by atoms with van der Waals surface area (Å²) >= 11 is 0. The van der Waals surface area contributed by atoms with Gasteiger partial charge < -0.3 is 9.64 Å². The molecule has 0 aromatic heterocycles. The first-order chi connectivity index (χ1) is 11.7. The van der Waals surface area contributed by atoms with Crippen LogP contribution in [0.25, 0.3) is 0 Å². The van der Waals surface area contributed by atoms with Crippen LogP contribution in [0.5, 0.6) is 5.75 Å². The SMILES string of the molecule is COc1ccc(CN2CCN(C3CCCN(C)C3)CC2)cc1C#N. The number of nitriles is 1. The highest BCUT2D eigenvalue weighted by atomic mass is 16.5. The van der Waals surface area contributed by atoms with E-state index in [2.05, 4.69) is 33.9 Å². The largest absolute Gasteiger partial charge is 0.495 e. The predicted octanol–water partition coefficient (Wildman–Crippen LogP) is 1.78. The molecule has 1 aromatic rings. The molecule has 2 saturated heterocycles. The van der Waals surface area contributed by atoms with Gasteiger partial charge in [0.15, 0.2) is 0 Å². The van der Waals surface area contributed by atoms with Gasteiger partial charge in [-0.2, -0.15) is 5.26 Å². The number of likely N-dealkylation sites (N-methyl/N-ethyl adjacent to an activating group) is 1. The lowest BCUT2D eigenvalue weighted by atomic mass is 10.0. The first-order valence-corrected chi connectivity index (χ1v) is 8.91. The second-order valence-electron chi connectivity index (χ2n) is 7.02. The third-order valence-electron chi connectivity index (χ3n) is 5.31. The molecule has 0 bridgehead atoms. The molecule has 0 aliphatic carbocycles. The quantitative estimate of drug-likeness (QED) is 0.843. The molecule has 0 amide bonds. The van der Waals surface area contributed by atoms with Crippen molar-refractivity contribution in [3.63, 3.8) is 0 Å². The minimum absolute atomic E-state index is 0.624. The molecular weight excluding hydrogens is 300 g/mol. The van der Waals surface area contributed by atoms with Gasteiger partial charge in [-0.25, -0.2) is 0 Å². The summed E-state index contributed by atoms with van der Waals surface area (Å²) in [4.78, 5) is 7.62. The van der Waals surface area contributed by atoms with Crippen LogP contribution in [0.15, 0.2) is 18.2 Å². The van der Waals surface area contributed by atoms with Crippen molar-refractivity contribution in [2.45, 2.75) is 25.4 Å². The van der Waals surface area contributed by atoms with Gasteiger partial charge in [-0.3, -0.25) is 9.80 Å². The van der Waals surface area contributed by atoms with Gasteiger partial charge in [0.25, 0.3) is 0 Å². The first-order valence-electron chi connectivity index (χ1n) is 8.91. The van der Waals surface area contributed by atoms with Gasteiger partial charge in [0, 0.05) is 45.3 Å². The van der Waals surface area contributed by atoms with Gasteiger partial charge in [0.2, 0.25) is 0 Å². The summed E-state index contributed by atoms with van der Waals surface area (Å²) < 4.78 is 5.22. The summed E-state index contributed by atoms with van der Waals surface area (Å²) in [6, 6.07) is 8.89. The van der Waals surface area contributed by atoms with Crippen molar-refractivity contribution in [2.24, 2.45) is 0 Å². The summed E-state index contributed by atoms with van der Waals surface area (Å²) in [7, 11) is 3.84. The molecule has 24 heavy (non-hydrogen) atoms. The van der Waals surface area contributed by atoms with Crippen molar-refractivity contribution in [1.82, 2.24) is 14.7 Å². The second kappa shape index (κ2) is 7.98. The Kier molecular flexibility index (Phi) is 5.72. The van der Waals surface area contributed by atoms with Gasteiger partial charge in [-0.1, -0.05) is 6.07 Å². The Bertz CT molecular complexity index is 590. The summed E-state index contributed by atoms with van der Waals surface area (Å²) in [6.07, 6.45) is 2.67. The molecule has 0 spiro atoms. The van der Waals surface area contributed by atoms with Crippen LogP contribution in [-0.4, -0.2) is 74.2 Å². The molecule has 0 radical (unpaired) electrons. The van der Waals surface area contributed by atoms with E-state index in [0.29, 0.717) is 11.3 Å². The number of piperidine rings is 1. The van der Waals surface area contributed by atoms with Gasteiger partial charge in [-0.15, -0.1) is 0 Å². The van der Waals surface area contributed by atoms with E-state index < -0.39 is 0 Å². The maximum Gasteiger partial charge on any atom is 0.136 e. The van der Waals surface area contributed by atoms with Gasteiger partial charge in [0.1, 0.15) is 11.8 Å². The molecular formula is C19H28N4O. The number of nitrogens with zero attached hydrogens (tertiary/aromatic N) is 4. The van der Waals surface area contributed by atoms with Gasteiger partial charge in [0.05, 0.1) is 12.7 Å². The lowest BCUT2D eigenvalue weighted by Gasteiger charge is -2.42. The van der Waals surface area contributed by atoms with Gasteiger partial charge in [-0.05, 0) is 44.1 Å². The van der Waals surface area contributed by atoms with Crippen LogP contribution in [0, 0.1) is 11.3 Å². The Morgan fingerprint density at radius 3 is 2.67 bits per heavy atom. The summed E-state index contributed by atoms with van der Waals surface area (Å²) in [6.45, 7) is 7.89. The Labute approximate surface area is 145 Å². The minimum atomic E-state index is 0.624. The van der Waals surface area contributed by atoms with Crippen molar-refractivity contribution in [3.05, 3.63) is 29.3 Å². The fraction of sp³-hybridized carbons (Fsp3) is 0.632. The average Bonchev–Trinajstić information content (AvgIpc) is 2.62. The topological polar surface area (TPSA) is 42.7 Å². The smallest absolute Gasteiger partial charge is 0.136 e. The van der Waals surface area contributed by atoms with Crippen molar-refractivity contribution < 1.29 is 4.74 Å². The predicted molar refractivity (Wildman–Crippen MR) is 95.1 cm³/mol. The van der Waals surface area contributed by atoms with E-state index in [0.717, 1.165) is 38.8 Å². The zero-order chi connectivity index (χ0) is 16.9. The number of hydrogen-bond donors (Lipinski definition) is 0. The van der Waals surface area contributed by atoms with E-state index in [9.17, 15) is 5.26 Å². The Morgan fingerprint density at radius 1 is 1.21 bits per heavy atom. The molecule has 2 heterocycles. The Morgan fingerprint density at radius 2 is 2.00 bits per heavy atom. The molecule has 2 fully saturated rings. The molecule has 130 valence electrons. The summed E-state index contributed by atoms with van der Waals surface area (Å²) in [5.41, 5.74) is 1.82. The zero-order valence-corrected chi connectivity index (χ0v) is 14.9. The second-order valence-corrected chi connectivity index (χ2v) is 7.02. The fourth-order valence-corrected chi connectivity index (χ4v) is 3.92. The number of methoxy groups -OCH3 is 1. The van der Waals surface area contributed by atoms with E-state index >= 15 is 0 Å². The molecule has 1 atom stereocenters. The zero-order valence-electron chi connectivity index (χ0n) is 14.9. The number of piperazine rings is 1. The van der Waals surface area contributed by atoms with Crippen LogP contribution in [0.2, 0.25) is 0 Å². The molecule has 0 N–H and O–H groups in total. The van der Waals surface area contributed by atoms with E-state index in [1.54, 1.807) is 7.11 Å². The van der Waals surface area contributed by atoms with E-state index in [4.69, 9.17) is 4.74 Å². The summed E-state index contributed by atoms with van der Waals surface area (Å²) in [5, 5.41) is 9.23. The first kappa shape index (κ1) is 17.2. The Hall–Kier alpha value is -1.61. The van der Waals surface area contributed by atoms with Crippen molar-refractivity contribution >= 4 is 0 Å². The van der Waals surface area contributed by atoms with E-state index in [1.165, 1.54) is 31.5 Å². The highest BCUT2D eigenvalue weighted by molar-refractivity contribution is 5.45. The number of benzene rings is 1. The summed E-state index contributed by atoms with van der Waals surface area (Å²) in [5.74, 6) is 0.660. The molecule has 2 aliphatic rings. The van der Waals surface area contributed by atoms with Crippen LogP contribution in [0.1, 0.15) is 24.0 Å². The number of hydrogen-bond acceptors (Lipinski definition) is 5. The molecule has 3 rings (SSSR count). The molecule has 0 saturated carbocycles. The van der Waals surface area contributed by atoms with Crippen LogP contribution >= 0.6 is 0 Å². The number of likely N-dealkylation sites (tertiary alicyclic amines) is 1. The Balaban J connectivity index is 1.53. The highest BCUT2D eigenvalue weighted by Gasteiger charge is 2.26. The van der Waals surface area contributed by atoms with Gasteiger partial charge >= 0.3 is 0 Å². The van der Waals surface area contributed by atoms with Crippen molar-refractivity contribution in [2.75, 3.05) is 53.4 Å². The average molecular weight is 328 g/mol. The monoisotopic (exact) mass is 328 g/mol. The highest BCUT2D eigenvalue weighted by Crippen LogP contribution is 2.21. The maximum absolute atomic E-state index is 9.23. The van der Waals surface area contributed by atoms with Crippen LogP contribution in [0.3, 0.4) is 0 Å². The number of rotatable bonds is 4. The molecule has 5 nitrogen and oxygen atoms in total. The van der Waals surface area contributed by atoms with Crippen LogP contribution in [-0.2, 0) is 6.54 Å². The van der Waals surface area contributed by atoms with Crippen molar-refractivity contribution in [3.8, 4) is 11.8 Å². The maximum atomic E-state index is 9.23. The van der Waals surface area contributed by atoms with E-state index in [1.807, 2.05) is 12.1 Å². The lowest BCUT2D eigenvalue weighted by molar-refractivity contribution is 0.0568. The third kappa shape index (κ3) is 4.07. The van der Waals surface area contributed by atoms with Crippen LogP contribution in [0.4, 0.5) is 0 Å². The molecule has 1 unspecified atom stereocenters. The molecule has 5 heteroatoms. The van der Waals surface area contributed by atoms with Crippen LogP contribution < -0.4 is 4.74 Å².